The fourth-order valence-corrected chi connectivity index (χ4v) is 3.60. The topological polar surface area (TPSA) is 87.2 Å². The van der Waals surface area contributed by atoms with Crippen molar-refractivity contribution in [1.29, 1.82) is 0 Å². The van der Waals surface area contributed by atoms with Gasteiger partial charge in [0, 0.05) is 18.3 Å². The van der Waals surface area contributed by atoms with Crippen molar-refractivity contribution >= 4 is 28.8 Å². The quantitative estimate of drug-likeness (QED) is 0.778. The Labute approximate surface area is 156 Å². The fourth-order valence-electron chi connectivity index (χ4n) is 2.95. The molecule has 1 aliphatic rings. The molecule has 0 bridgehead atoms. The van der Waals surface area contributed by atoms with E-state index in [-0.39, 0.29) is 21.8 Å². The molecule has 0 spiro atoms. The van der Waals surface area contributed by atoms with Gasteiger partial charge in [-0.25, -0.2) is 0 Å². The van der Waals surface area contributed by atoms with E-state index in [1.165, 1.54) is 12.8 Å². The second kappa shape index (κ2) is 8.86. The van der Waals surface area contributed by atoms with Gasteiger partial charge in [0.1, 0.15) is 0 Å². The van der Waals surface area contributed by atoms with Gasteiger partial charge in [-0.2, -0.15) is 0 Å². The molecular weight excluding hydrogens is 350 g/mol. The van der Waals surface area contributed by atoms with Gasteiger partial charge in [-0.3, -0.25) is 9.59 Å². The molecule has 0 unspecified atom stereocenters. The molecule has 2 heterocycles. The molecule has 1 saturated heterocycles. The first-order chi connectivity index (χ1) is 12.6. The highest BCUT2D eigenvalue weighted by Crippen LogP contribution is 2.15. The van der Waals surface area contributed by atoms with E-state index in [1.54, 1.807) is 12.1 Å². The minimum atomic E-state index is -0.365. The highest BCUT2D eigenvalue weighted by atomic mass is 32.1. The van der Waals surface area contributed by atoms with Crippen LogP contribution < -0.4 is 10.6 Å². The molecule has 0 aliphatic carbocycles. The summed E-state index contributed by atoms with van der Waals surface area (Å²) < 4.78 is 0. The van der Waals surface area contributed by atoms with Crippen LogP contribution in [0.15, 0.2) is 30.3 Å². The number of nitrogens with zero attached hydrogens (tertiary/aromatic N) is 3. The monoisotopic (exact) mass is 373 g/mol. The molecule has 1 fully saturated rings. The van der Waals surface area contributed by atoms with Crippen molar-refractivity contribution in [1.82, 2.24) is 20.4 Å². The minimum Gasteiger partial charge on any atom is -0.350 e. The van der Waals surface area contributed by atoms with E-state index in [9.17, 15) is 9.59 Å². The van der Waals surface area contributed by atoms with E-state index in [2.05, 4.69) is 32.7 Å². The van der Waals surface area contributed by atoms with Crippen molar-refractivity contribution in [2.24, 2.45) is 0 Å². The highest BCUT2D eigenvalue weighted by Gasteiger charge is 2.20. The highest BCUT2D eigenvalue weighted by molar-refractivity contribution is 7.15. The van der Waals surface area contributed by atoms with Gasteiger partial charge in [0.05, 0.1) is 0 Å². The van der Waals surface area contributed by atoms with Crippen molar-refractivity contribution in [3.05, 3.63) is 40.3 Å². The van der Waals surface area contributed by atoms with E-state index in [0.717, 1.165) is 30.8 Å². The zero-order chi connectivity index (χ0) is 18.4. The molecule has 8 heteroatoms. The number of aromatic nitrogens is 2. The number of hydrogen-bond donors (Lipinski definition) is 2. The van der Waals surface area contributed by atoms with Crippen molar-refractivity contribution < 1.29 is 9.59 Å². The van der Waals surface area contributed by atoms with Crippen LogP contribution in [0.2, 0.25) is 0 Å². The number of para-hydroxylation sites is 1. The third-order valence-corrected chi connectivity index (χ3v) is 5.38. The number of benzene rings is 1. The predicted octanol–water partition coefficient (Wildman–Crippen LogP) is 2.39. The van der Waals surface area contributed by atoms with E-state index < -0.39 is 0 Å². The molecule has 26 heavy (non-hydrogen) atoms. The maximum Gasteiger partial charge on any atom is 0.286 e. The molecule has 0 radical (unpaired) electrons. The normalized spacial score (nSPS) is 15.6. The zero-order valence-electron chi connectivity index (χ0n) is 14.8. The Hall–Kier alpha value is -2.32. The van der Waals surface area contributed by atoms with Gasteiger partial charge in [0.2, 0.25) is 10.0 Å². The minimum absolute atomic E-state index is 0.171. The Kier molecular flexibility index (Phi) is 6.30. The first-order valence-electron chi connectivity index (χ1n) is 8.85. The molecule has 2 amide bonds. The van der Waals surface area contributed by atoms with Crippen LogP contribution in [0.1, 0.15) is 45.8 Å². The summed E-state index contributed by atoms with van der Waals surface area (Å²) in [7, 11) is 0. The van der Waals surface area contributed by atoms with Crippen LogP contribution in [0.25, 0.3) is 0 Å². The molecule has 1 aromatic heterocycles. The number of carbonyl (C=O) groups is 2. The number of amides is 2. The third kappa shape index (κ3) is 4.86. The van der Waals surface area contributed by atoms with Gasteiger partial charge in [-0.1, -0.05) is 29.5 Å². The molecule has 138 valence electrons. The molecular formula is C18H23N5O2S. The first kappa shape index (κ1) is 18.5. The molecule has 3 rings (SSSR count). The standard InChI is InChI=1S/C18H23N5O2S/c1-13(23-11-5-6-12-23)9-10-19-15(24)17-21-22-18(26-17)16(25)20-14-7-3-2-4-8-14/h2-4,7-8,13H,5-6,9-12H2,1H3,(H,19,24)(H,20,25)/t13-/m1/s1. The van der Waals surface area contributed by atoms with Crippen LogP contribution in [0, 0.1) is 0 Å². The summed E-state index contributed by atoms with van der Waals surface area (Å²) in [5.74, 6) is -0.648. The largest absolute Gasteiger partial charge is 0.350 e. The summed E-state index contributed by atoms with van der Waals surface area (Å²) in [5.41, 5.74) is 0.676. The van der Waals surface area contributed by atoms with Gasteiger partial charge in [-0.15, -0.1) is 10.2 Å². The van der Waals surface area contributed by atoms with Crippen molar-refractivity contribution in [2.75, 3.05) is 25.0 Å². The lowest BCUT2D eigenvalue weighted by Crippen LogP contribution is -2.34. The molecule has 2 aromatic rings. The van der Waals surface area contributed by atoms with Crippen LogP contribution in [-0.4, -0.2) is 52.6 Å². The van der Waals surface area contributed by atoms with Gasteiger partial charge < -0.3 is 15.5 Å². The summed E-state index contributed by atoms with van der Waals surface area (Å²) in [6.07, 6.45) is 3.41. The summed E-state index contributed by atoms with van der Waals surface area (Å²) in [4.78, 5) is 26.8. The van der Waals surface area contributed by atoms with Gasteiger partial charge >= 0.3 is 0 Å². The third-order valence-electron chi connectivity index (χ3n) is 4.46. The van der Waals surface area contributed by atoms with Gasteiger partial charge in [-0.05, 0) is 51.4 Å². The lowest BCUT2D eigenvalue weighted by molar-refractivity contribution is 0.0947. The zero-order valence-corrected chi connectivity index (χ0v) is 15.6. The van der Waals surface area contributed by atoms with E-state index >= 15 is 0 Å². The van der Waals surface area contributed by atoms with Crippen LogP contribution in [0.3, 0.4) is 0 Å². The van der Waals surface area contributed by atoms with Crippen LogP contribution >= 0.6 is 11.3 Å². The van der Waals surface area contributed by atoms with Crippen molar-refractivity contribution in [2.45, 2.75) is 32.2 Å². The molecule has 7 nitrogen and oxygen atoms in total. The van der Waals surface area contributed by atoms with E-state index in [1.807, 2.05) is 18.2 Å². The lowest BCUT2D eigenvalue weighted by atomic mass is 10.2. The Bertz CT molecular complexity index is 743. The number of nitrogens with one attached hydrogen (secondary N) is 2. The second-order valence-electron chi connectivity index (χ2n) is 6.37. The smallest absolute Gasteiger partial charge is 0.286 e. The number of hydrogen-bond acceptors (Lipinski definition) is 6. The molecule has 1 aliphatic heterocycles. The summed E-state index contributed by atoms with van der Waals surface area (Å²) >= 11 is 0.996. The van der Waals surface area contributed by atoms with Crippen LogP contribution in [0.4, 0.5) is 5.69 Å². The Balaban J connectivity index is 1.47. The molecule has 1 atom stereocenters. The number of anilines is 1. The Morgan fingerprint density at radius 3 is 2.46 bits per heavy atom. The van der Waals surface area contributed by atoms with Crippen LogP contribution in [0.5, 0.6) is 0 Å². The van der Waals surface area contributed by atoms with Crippen molar-refractivity contribution in [3.63, 3.8) is 0 Å². The predicted molar refractivity (Wildman–Crippen MR) is 102 cm³/mol. The number of carbonyl (C=O) groups excluding carboxylic acids is 2. The maximum absolute atomic E-state index is 12.2. The summed E-state index contributed by atoms with van der Waals surface area (Å²) in [5, 5.41) is 13.6. The van der Waals surface area contributed by atoms with Gasteiger partial charge in [0.15, 0.2) is 0 Å². The summed E-state index contributed by atoms with van der Waals surface area (Å²) in [6, 6.07) is 9.56. The Morgan fingerprint density at radius 1 is 1.12 bits per heavy atom. The van der Waals surface area contributed by atoms with E-state index in [0.29, 0.717) is 18.3 Å². The number of rotatable bonds is 7. The molecule has 1 aromatic carbocycles. The lowest BCUT2D eigenvalue weighted by Gasteiger charge is -2.23. The Morgan fingerprint density at radius 2 is 1.77 bits per heavy atom. The average molecular weight is 373 g/mol. The van der Waals surface area contributed by atoms with E-state index in [4.69, 9.17) is 0 Å². The summed E-state index contributed by atoms with van der Waals surface area (Å²) in [6.45, 7) is 5.06. The number of likely N-dealkylation sites (tertiary alicyclic amines) is 1. The van der Waals surface area contributed by atoms with Crippen LogP contribution in [-0.2, 0) is 0 Å². The second-order valence-corrected chi connectivity index (χ2v) is 7.35. The fraction of sp³-hybridized carbons (Fsp3) is 0.444. The molecule has 0 saturated carbocycles. The maximum atomic E-state index is 12.2. The first-order valence-corrected chi connectivity index (χ1v) is 9.67. The van der Waals surface area contributed by atoms with Gasteiger partial charge in [0.25, 0.3) is 11.8 Å². The molecule has 2 N–H and O–H groups in total. The SMILES string of the molecule is C[C@H](CCNC(=O)c1nnc(C(=O)Nc2ccccc2)s1)N1CCCC1. The van der Waals surface area contributed by atoms with Crippen molar-refractivity contribution in [3.8, 4) is 0 Å². The average Bonchev–Trinajstić information content (AvgIpc) is 3.34.